The first-order valence-corrected chi connectivity index (χ1v) is 7.15. The fourth-order valence-corrected chi connectivity index (χ4v) is 1.95. The van der Waals surface area contributed by atoms with Crippen molar-refractivity contribution >= 4 is 0 Å². The van der Waals surface area contributed by atoms with Gasteiger partial charge in [-0.2, -0.15) is 0 Å². The minimum absolute atomic E-state index is 0.410. The number of phenolic OH excluding ortho intramolecular Hbond substituents is 4. The molecule has 2 aromatic rings. The van der Waals surface area contributed by atoms with Gasteiger partial charge in [-0.25, -0.2) is 8.78 Å². The van der Waals surface area contributed by atoms with E-state index in [0.717, 1.165) is 6.92 Å². The van der Waals surface area contributed by atoms with Crippen molar-refractivity contribution in [1.82, 2.24) is 0 Å². The Morgan fingerprint density at radius 3 is 1.69 bits per heavy atom. The predicted molar refractivity (Wildman–Crippen MR) is 81.2 cm³/mol. The predicted octanol–water partition coefficient (Wildman–Crippen LogP) is 4.69. The average molecular weight is 382 g/mol. The van der Waals surface area contributed by atoms with Crippen LogP contribution in [0.2, 0.25) is 0 Å². The van der Waals surface area contributed by atoms with Gasteiger partial charge in [-0.15, -0.1) is 13.2 Å². The number of halogens is 5. The number of rotatable bonds is 2. The molecule has 0 fully saturated rings. The maximum Gasteiger partial charge on any atom is 0.573 e. The maximum atomic E-state index is 13.6. The molecule has 0 aromatic heterocycles. The van der Waals surface area contributed by atoms with Crippen LogP contribution < -0.4 is 4.74 Å². The highest BCUT2D eigenvalue weighted by molar-refractivity contribution is 5.85. The van der Waals surface area contributed by atoms with Gasteiger partial charge in [0.15, 0.2) is 11.5 Å². The first-order valence-electron chi connectivity index (χ1n) is 7.15. The van der Waals surface area contributed by atoms with Crippen molar-refractivity contribution in [2.24, 2.45) is 0 Å². The average Bonchev–Trinajstić information content (AvgIpc) is 2.56. The third-order valence-electron chi connectivity index (χ3n) is 3.14. The molecule has 26 heavy (non-hydrogen) atoms. The molecule has 0 radical (unpaired) electrons. The van der Waals surface area contributed by atoms with Crippen LogP contribution in [0.3, 0.4) is 0 Å². The molecular formula is C16H15F5O5. The van der Waals surface area contributed by atoms with E-state index in [2.05, 4.69) is 4.74 Å². The number of aromatic hydroxyl groups is 4. The van der Waals surface area contributed by atoms with Gasteiger partial charge in [0.25, 0.3) is 0 Å². The van der Waals surface area contributed by atoms with Gasteiger partial charge in [-0.3, -0.25) is 0 Å². The van der Waals surface area contributed by atoms with Crippen molar-refractivity contribution in [3.05, 3.63) is 29.3 Å². The van der Waals surface area contributed by atoms with Gasteiger partial charge in [0.05, 0.1) is 5.56 Å². The van der Waals surface area contributed by atoms with Crippen LogP contribution in [0.4, 0.5) is 22.0 Å². The van der Waals surface area contributed by atoms with E-state index < -0.39 is 63.4 Å². The Hall–Kier alpha value is -2.91. The highest BCUT2D eigenvalue weighted by Crippen LogP contribution is 2.56. The van der Waals surface area contributed by atoms with Gasteiger partial charge in [0, 0.05) is 5.56 Å². The number of benzene rings is 2. The third-order valence-corrected chi connectivity index (χ3v) is 3.14. The molecule has 5 nitrogen and oxygen atoms in total. The molecule has 0 saturated heterocycles. The Balaban J connectivity index is 0.00000163. The van der Waals surface area contributed by atoms with Crippen molar-refractivity contribution in [3.8, 4) is 39.9 Å². The minimum atomic E-state index is -5.36. The highest BCUT2D eigenvalue weighted by Gasteiger charge is 2.37. The summed E-state index contributed by atoms with van der Waals surface area (Å²) >= 11 is 0. The summed E-state index contributed by atoms with van der Waals surface area (Å²) < 4.78 is 67.6. The van der Waals surface area contributed by atoms with Crippen molar-refractivity contribution < 1.29 is 47.1 Å². The Morgan fingerprint density at radius 1 is 0.808 bits per heavy atom. The Bertz CT molecular complexity index is 795. The minimum Gasteiger partial charge on any atom is -0.504 e. The fourth-order valence-electron chi connectivity index (χ4n) is 1.95. The molecule has 10 heteroatoms. The third kappa shape index (κ3) is 4.01. The first kappa shape index (κ1) is 21.1. The highest BCUT2D eigenvalue weighted by atomic mass is 19.4. The molecule has 0 saturated carbocycles. The van der Waals surface area contributed by atoms with Crippen molar-refractivity contribution in [2.45, 2.75) is 27.1 Å². The van der Waals surface area contributed by atoms with E-state index in [0.29, 0.717) is 12.1 Å². The molecule has 0 amide bonds. The second-order valence-corrected chi connectivity index (χ2v) is 4.71. The molecule has 0 atom stereocenters. The summed E-state index contributed by atoms with van der Waals surface area (Å²) in [5.74, 6) is -9.69. The van der Waals surface area contributed by atoms with Crippen LogP contribution in [0.1, 0.15) is 19.4 Å². The second-order valence-electron chi connectivity index (χ2n) is 4.71. The molecule has 0 aliphatic carbocycles. The molecule has 0 aliphatic rings. The summed E-state index contributed by atoms with van der Waals surface area (Å²) in [6, 6.07) is 1.22. The Morgan fingerprint density at radius 2 is 1.27 bits per heavy atom. The van der Waals surface area contributed by atoms with E-state index in [1.807, 2.05) is 13.8 Å². The number of ether oxygens (including phenoxy) is 1. The Labute approximate surface area is 144 Å². The lowest BCUT2D eigenvalue weighted by Gasteiger charge is -2.17. The molecule has 2 aromatic carbocycles. The lowest BCUT2D eigenvalue weighted by molar-refractivity contribution is -0.275. The molecule has 144 valence electrons. The summed E-state index contributed by atoms with van der Waals surface area (Å²) in [5, 5.41) is 38.5. The number of hydrogen-bond donors (Lipinski definition) is 4. The van der Waals surface area contributed by atoms with Crippen LogP contribution >= 0.6 is 0 Å². The van der Waals surface area contributed by atoms with Crippen LogP contribution in [0.5, 0.6) is 28.7 Å². The molecule has 2 rings (SSSR count). The normalized spacial score (nSPS) is 10.9. The zero-order chi connectivity index (χ0) is 20.4. The van der Waals surface area contributed by atoms with Crippen LogP contribution in [0.25, 0.3) is 11.1 Å². The monoisotopic (exact) mass is 382 g/mol. The molecule has 0 spiro atoms. The van der Waals surface area contributed by atoms with E-state index in [1.54, 1.807) is 0 Å². The van der Waals surface area contributed by atoms with Gasteiger partial charge in [-0.05, 0) is 24.6 Å². The lowest BCUT2D eigenvalue weighted by Crippen LogP contribution is -2.17. The number of phenols is 4. The molecule has 0 bridgehead atoms. The fraction of sp³-hybridized carbons (Fsp3) is 0.250. The summed E-state index contributed by atoms with van der Waals surface area (Å²) in [6.45, 7) is 5.08. The smallest absolute Gasteiger partial charge is 0.504 e. The van der Waals surface area contributed by atoms with Gasteiger partial charge in [-0.1, -0.05) is 13.8 Å². The summed E-state index contributed by atoms with van der Waals surface area (Å²) in [6.07, 6.45) is -5.36. The zero-order valence-corrected chi connectivity index (χ0v) is 13.7. The topological polar surface area (TPSA) is 90.2 Å². The van der Waals surface area contributed by atoms with Gasteiger partial charge in [0.1, 0.15) is 11.6 Å². The van der Waals surface area contributed by atoms with Gasteiger partial charge < -0.3 is 25.2 Å². The lowest BCUT2D eigenvalue weighted by atomic mass is 9.99. The zero-order valence-electron chi connectivity index (χ0n) is 13.7. The van der Waals surface area contributed by atoms with Crippen molar-refractivity contribution in [1.29, 1.82) is 0 Å². The summed E-state index contributed by atoms with van der Waals surface area (Å²) in [7, 11) is 0. The van der Waals surface area contributed by atoms with Crippen LogP contribution in [-0.4, -0.2) is 26.8 Å². The summed E-state index contributed by atoms with van der Waals surface area (Å²) in [4.78, 5) is 0. The van der Waals surface area contributed by atoms with Crippen LogP contribution in [0.15, 0.2) is 12.1 Å². The second kappa shape index (κ2) is 7.54. The molecule has 0 heterocycles. The molecule has 0 unspecified atom stereocenters. The van der Waals surface area contributed by atoms with E-state index in [9.17, 15) is 42.4 Å². The van der Waals surface area contributed by atoms with E-state index in [-0.39, 0.29) is 0 Å². The van der Waals surface area contributed by atoms with Crippen LogP contribution in [-0.2, 0) is 0 Å². The van der Waals surface area contributed by atoms with Gasteiger partial charge >= 0.3 is 6.36 Å². The standard InChI is InChI=1S/C14H9F5O5.C2H6/c1-4-6(15)2-5(3-7(4)16)8-9(20)11(22)12(23)13(10(8)21)24-14(17,18)19;1-2/h2-3,20-23H,1H3;1-2H3. The first-order chi connectivity index (χ1) is 11.9. The van der Waals surface area contributed by atoms with Gasteiger partial charge in [0.2, 0.25) is 17.2 Å². The summed E-state index contributed by atoms with van der Waals surface area (Å²) in [5.41, 5.74) is -1.96. The van der Waals surface area contributed by atoms with E-state index in [1.165, 1.54) is 0 Å². The molecular weight excluding hydrogens is 367 g/mol. The van der Waals surface area contributed by atoms with Crippen molar-refractivity contribution in [3.63, 3.8) is 0 Å². The van der Waals surface area contributed by atoms with Crippen LogP contribution in [0, 0.1) is 18.6 Å². The van der Waals surface area contributed by atoms with E-state index in [4.69, 9.17) is 0 Å². The number of hydrogen-bond acceptors (Lipinski definition) is 5. The Kier molecular flexibility index (Phi) is 6.13. The maximum absolute atomic E-state index is 13.6. The largest absolute Gasteiger partial charge is 0.573 e. The molecule has 4 N–H and O–H groups in total. The SMILES string of the molecule is CC.Cc1c(F)cc(-c2c(O)c(O)c(O)c(OC(F)(F)F)c2O)cc1F. The van der Waals surface area contributed by atoms with Crippen molar-refractivity contribution in [2.75, 3.05) is 0 Å². The molecule has 0 aliphatic heterocycles. The van der Waals surface area contributed by atoms with E-state index >= 15 is 0 Å². The number of alkyl halides is 3. The quantitative estimate of drug-likeness (QED) is 0.344.